The van der Waals surface area contributed by atoms with E-state index in [1.165, 1.54) is 0 Å². The lowest BCUT2D eigenvalue weighted by molar-refractivity contribution is 0.0686. The molecule has 1 N–H and O–H groups in total. The van der Waals surface area contributed by atoms with Crippen LogP contribution in [0.3, 0.4) is 0 Å². The number of carboxylic acids is 1. The van der Waals surface area contributed by atoms with Crippen molar-refractivity contribution < 1.29 is 9.90 Å². The molecule has 0 bridgehead atoms. The van der Waals surface area contributed by atoms with Crippen LogP contribution in [0, 0.1) is 0 Å². The first-order valence-electron chi connectivity index (χ1n) is 7.87. The van der Waals surface area contributed by atoms with E-state index in [2.05, 4.69) is 6.07 Å². The molecule has 2 heterocycles. The summed E-state index contributed by atoms with van der Waals surface area (Å²) < 4.78 is 1.80. The van der Waals surface area contributed by atoms with Gasteiger partial charge in [0.15, 0.2) is 0 Å². The molecule has 2 aromatic carbocycles. The maximum Gasteiger partial charge on any atom is 0.352 e. The van der Waals surface area contributed by atoms with E-state index in [4.69, 9.17) is 23.2 Å². The topological polar surface area (TPSA) is 42.2 Å². The van der Waals surface area contributed by atoms with Gasteiger partial charge >= 0.3 is 5.97 Å². The zero-order valence-electron chi connectivity index (χ0n) is 13.4. The average Bonchev–Trinajstić information content (AvgIpc) is 3.26. The number of aromatic nitrogens is 1. The summed E-state index contributed by atoms with van der Waals surface area (Å²) in [7, 11) is 0. The van der Waals surface area contributed by atoms with Gasteiger partial charge in [-0.25, -0.2) is 4.79 Å². The van der Waals surface area contributed by atoms with Crippen LogP contribution in [0.1, 0.15) is 16.1 Å². The third-order valence-electron chi connectivity index (χ3n) is 4.25. The number of benzene rings is 2. The molecule has 130 valence electrons. The summed E-state index contributed by atoms with van der Waals surface area (Å²) >= 11 is 13.8. The minimum Gasteiger partial charge on any atom is -0.477 e. The Kier molecular flexibility index (Phi) is 4.49. The summed E-state index contributed by atoms with van der Waals surface area (Å²) in [6, 6.07) is 17.1. The zero-order chi connectivity index (χ0) is 18.3. The van der Waals surface area contributed by atoms with Gasteiger partial charge in [-0.3, -0.25) is 0 Å². The van der Waals surface area contributed by atoms with Crippen LogP contribution < -0.4 is 0 Å². The summed E-state index contributed by atoms with van der Waals surface area (Å²) in [6.45, 7) is 0.399. The fraction of sp³-hybridized carbons (Fsp3) is 0.0500. The van der Waals surface area contributed by atoms with E-state index in [0.717, 1.165) is 26.9 Å². The third-order valence-corrected chi connectivity index (χ3v) is 5.91. The number of hydrogen-bond acceptors (Lipinski definition) is 2. The van der Waals surface area contributed by atoms with Crippen molar-refractivity contribution in [2.24, 2.45) is 0 Å². The van der Waals surface area contributed by atoms with Crippen LogP contribution in [-0.2, 0) is 6.54 Å². The Hall–Kier alpha value is -2.27. The molecule has 0 aliphatic heterocycles. The van der Waals surface area contributed by atoms with Crippen molar-refractivity contribution in [3.8, 4) is 10.4 Å². The molecule has 0 spiro atoms. The maximum absolute atomic E-state index is 11.8. The molecular formula is C20H13Cl2NO2S. The molecule has 0 saturated carbocycles. The Morgan fingerprint density at radius 1 is 1.04 bits per heavy atom. The second kappa shape index (κ2) is 6.80. The number of fused-ring (bicyclic) bond motifs is 1. The molecule has 6 heteroatoms. The van der Waals surface area contributed by atoms with Crippen molar-refractivity contribution in [2.75, 3.05) is 0 Å². The summed E-state index contributed by atoms with van der Waals surface area (Å²) in [4.78, 5) is 12.9. The molecule has 2 aromatic heterocycles. The highest BCUT2D eigenvalue weighted by Gasteiger charge is 2.16. The second-order valence-electron chi connectivity index (χ2n) is 5.92. The molecule has 0 aliphatic carbocycles. The highest BCUT2D eigenvalue weighted by Crippen LogP contribution is 2.31. The van der Waals surface area contributed by atoms with E-state index < -0.39 is 5.97 Å². The van der Waals surface area contributed by atoms with E-state index in [1.807, 2.05) is 35.7 Å². The zero-order valence-corrected chi connectivity index (χ0v) is 15.8. The molecule has 0 unspecified atom stereocenters. The molecule has 26 heavy (non-hydrogen) atoms. The lowest BCUT2D eigenvalue weighted by Gasteiger charge is -2.10. The minimum absolute atomic E-state index is 0.245. The third kappa shape index (κ3) is 3.12. The predicted octanol–water partition coefficient (Wildman–Crippen LogP) is 6.42. The number of halogens is 2. The van der Waals surface area contributed by atoms with E-state index in [0.29, 0.717) is 16.6 Å². The van der Waals surface area contributed by atoms with Crippen molar-refractivity contribution in [2.45, 2.75) is 6.54 Å². The molecule has 0 aliphatic rings. The first-order chi connectivity index (χ1) is 12.5. The predicted molar refractivity (Wildman–Crippen MR) is 108 cm³/mol. The lowest BCUT2D eigenvalue weighted by Crippen LogP contribution is -2.09. The number of aromatic carboxylic acids is 1. The van der Waals surface area contributed by atoms with Crippen LogP contribution >= 0.6 is 34.5 Å². The van der Waals surface area contributed by atoms with Crippen molar-refractivity contribution in [1.82, 2.24) is 4.57 Å². The summed E-state index contributed by atoms with van der Waals surface area (Å²) in [5, 5.41) is 13.5. The number of nitrogens with zero attached hydrogens (tertiary/aromatic N) is 1. The van der Waals surface area contributed by atoms with Crippen LogP contribution in [0.2, 0.25) is 10.0 Å². The second-order valence-corrected chi connectivity index (χ2v) is 7.68. The summed E-state index contributed by atoms with van der Waals surface area (Å²) in [6.07, 6.45) is 0. The normalized spacial score (nSPS) is 11.2. The largest absolute Gasteiger partial charge is 0.477 e. The van der Waals surface area contributed by atoms with E-state index in [-0.39, 0.29) is 5.69 Å². The van der Waals surface area contributed by atoms with E-state index >= 15 is 0 Å². The lowest BCUT2D eigenvalue weighted by atomic mass is 10.1. The highest BCUT2D eigenvalue weighted by atomic mass is 35.5. The van der Waals surface area contributed by atoms with Gasteiger partial charge < -0.3 is 9.67 Å². The van der Waals surface area contributed by atoms with Gasteiger partial charge in [-0.05, 0) is 46.8 Å². The van der Waals surface area contributed by atoms with Crippen molar-refractivity contribution in [1.29, 1.82) is 0 Å². The molecule has 0 fully saturated rings. The van der Waals surface area contributed by atoms with Crippen LogP contribution in [0.15, 0.2) is 60.0 Å². The molecule has 4 rings (SSSR count). The Labute approximate surface area is 164 Å². The number of carboxylic acid groups (broad SMARTS) is 1. The average molecular weight is 402 g/mol. The van der Waals surface area contributed by atoms with E-state index in [1.54, 1.807) is 34.1 Å². The Morgan fingerprint density at radius 3 is 2.58 bits per heavy atom. The molecule has 0 saturated heterocycles. The van der Waals surface area contributed by atoms with Gasteiger partial charge in [0, 0.05) is 22.3 Å². The van der Waals surface area contributed by atoms with Gasteiger partial charge in [-0.2, -0.15) is 0 Å². The Bertz CT molecular complexity index is 1120. The Balaban J connectivity index is 1.86. The fourth-order valence-electron chi connectivity index (χ4n) is 3.02. The van der Waals surface area contributed by atoms with Gasteiger partial charge in [-0.1, -0.05) is 47.5 Å². The summed E-state index contributed by atoms with van der Waals surface area (Å²) in [5.74, 6) is -0.959. The van der Waals surface area contributed by atoms with Crippen molar-refractivity contribution >= 4 is 51.4 Å². The quantitative estimate of drug-likeness (QED) is 0.428. The van der Waals surface area contributed by atoms with Crippen LogP contribution in [0.25, 0.3) is 21.3 Å². The summed E-state index contributed by atoms with van der Waals surface area (Å²) in [5.41, 5.74) is 3.08. The number of thiophene rings is 1. The monoisotopic (exact) mass is 401 g/mol. The van der Waals surface area contributed by atoms with Gasteiger partial charge in [0.1, 0.15) is 5.69 Å². The molecule has 4 aromatic rings. The molecule has 0 atom stereocenters. The van der Waals surface area contributed by atoms with Crippen LogP contribution in [0.5, 0.6) is 0 Å². The highest BCUT2D eigenvalue weighted by molar-refractivity contribution is 7.13. The minimum atomic E-state index is -0.959. The SMILES string of the molecule is O=C(O)c1cc2ccc(-c3cccs3)cc2n1Cc1ccc(Cl)c(Cl)c1. The van der Waals surface area contributed by atoms with Crippen molar-refractivity contribution in [3.63, 3.8) is 0 Å². The number of carbonyl (C=O) groups is 1. The van der Waals surface area contributed by atoms with Crippen LogP contribution in [-0.4, -0.2) is 15.6 Å². The first kappa shape index (κ1) is 17.2. The molecule has 0 radical (unpaired) electrons. The maximum atomic E-state index is 11.8. The molecular weight excluding hydrogens is 389 g/mol. The van der Waals surface area contributed by atoms with Gasteiger partial charge in [0.25, 0.3) is 0 Å². The van der Waals surface area contributed by atoms with Gasteiger partial charge in [0.2, 0.25) is 0 Å². The smallest absolute Gasteiger partial charge is 0.352 e. The van der Waals surface area contributed by atoms with E-state index in [9.17, 15) is 9.90 Å². The number of hydrogen-bond donors (Lipinski definition) is 1. The van der Waals surface area contributed by atoms with Crippen molar-refractivity contribution in [3.05, 3.63) is 81.3 Å². The number of rotatable bonds is 4. The Morgan fingerprint density at radius 2 is 1.88 bits per heavy atom. The molecule has 0 amide bonds. The van der Waals surface area contributed by atoms with Gasteiger partial charge in [-0.15, -0.1) is 11.3 Å². The molecule has 3 nitrogen and oxygen atoms in total. The fourth-order valence-corrected chi connectivity index (χ4v) is 4.06. The van der Waals surface area contributed by atoms with Crippen LogP contribution in [0.4, 0.5) is 0 Å². The first-order valence-corrected chi connectivity index (χ1v) is 9.51. The standard InChI is InChI=1S/C20H13Cl2NO2S/c21-15-6-3-12(8-16(15)22)11-23-17-10-14(19-2-1-7-26-19)5-4-13(17)9-18(23)20(24)25/h1-10H,11H2,(H,24,25). The van der Waals surface area contributed by atoms with Gasteiger partial charge in [0.05, 0.1) is 10.0 Å².